The van der Waals surface area contributed by atoms with Crippen molar-refractivity contribution >= 4 is 130 Å². The summed E-state index contributed by atoms with van der Waals surface area (Å²) in [5.74, 6) is 1.43. The second-order valence-electron chi connectivity index (χ2n) is 34.4. The lowest BCUT2D eigenvalue weighted by Crippen LogP contribution is -2.15. The predicted molar refractivity (Wildman–Crippen MR) is 548 cm³/mol. The highest BCUT2D eigenvalue weighted by Gasteiger charge is 2.38. The van der Waals surface area contributed by atoms with E-state index in [0.717, 1.165) is 133 Å². The molecule has 9 heterocycles. The van der Waals surface area contributed by atoms with Gasteiger partial charge in [0.25, 0.3) is 0 Å². The number of pyridine rings is 2. The first-order valence-corrected chi connectivity index (χ1v) is 45.5. The van der Waals surface area contributed by atoms with Crippen LogP contribution in [0.15, 0.2) is 448 Å². The second kappa shape index (κ2) is 31.7. The van der Waals surface area contributed by atoms with Crippen molar-refractivity contribution < 1.29 is 4.42 Å². The topological polar surface area (TPSA) is 105 Å². The molecule has 17 aromatic carbocycles. The highest BCUT2D eigenvalue weighted by molar-refractivity contribution is 7.26. The van der Waals surface area contributed by atoms with Crippen LogP contribution in [0.25, 0.3) is 236 Å². The van der Waals surface area contributed by atoms with Crippen LogP contribution in [0.4, 0.5) is 0 Å². The van der Waals surface area contributed by atoms with Gasteiger partial charge in [0.2, 0.25) is 0 Å². The number of rotatable bonds is 11. The third-order valence-corrected chi connectivity index (χ3v) is 27.6. The third-order valence-electron chi connectivity index (χ3n) is 26.4. The summed E-state index contributed by atoms with van der Waals surface area (Å²) in [5.41, 5.74) is 33.8. The molecule has 0 spiro atoms. The highest BCUT2D eigenvalue weighted by Crippen LogP contribution is 2.55. The number of hydrogen-bond donors (Lipinski definition) is 0. The van der Waals surface area contributed by atoms with Crippen LogP contribution in [-0.4, -0.2) is 43.6 Å². The van der Waals surface area contributed by atoms with Gasteiger partial charge in [0, 0.05) is 145 Å². The molecule has 27 rings (SSSR count). The molecule has 132 heavy (non-hydrogen) atoms. The first-order valence-electron chi connectivity index (χ1n) is 44.7. The Morgan fingerprint density at radius 2 is 0.773 bits per heavy atom. The molecule has 10 nitrogen and oxygen atoms in total. The van der Waals surface area contributed by atoms with Gasteiger partial charge in [-0.25, -0.2) is 19.9 Å². The van der Waals surface area contributed by atoms with Gasteiger partial charge in [-0.05, 0) is 237 Å². The minimum Gasteiger partial charge on any atom is -0.455 e. The van der Waals surface area contributed by atoms with Crippen molar-refractivity contribution in [3.63, 3.8) is 0 Å². The molecule has 0 fully saturated rings. The van der Waals surface area contributed by atoms with Crippen LogP contribution in [0.3, 0.4) is 0 Å². The maximum atomic E-state index is 6.61. The molecule has 0 bridgehead atoms. The van der Waals surface area contributed by atoms with Crippen molar-refractivity contribution in [1.29, 1.82) is 0 Å². The van der Waals surface area contributed by atoms with Crippen molar-refractivity contribution in [3.8, 4) is 118 Å². The van der Waals surface area contributed by atoms with E-state index in [9.17, 15) is 0 Å². The molecule has 0 N–H and O–H groups in total. The lowest BCUT2D eigenvalue weighted by molar-refractivity contribution is 0.666. The van der Waals surface area contributed by atoms with Crippen LogP contribution in [0.2, 0.25) is 0 Å². The Labute approximate surface area is 764 Å². The maximum Gasteiger partial charge on any atom is 0.159 e. The predicted octanol–water partition coefficient (Wildman–Crippen LogP) is 31.8. The Hall–Kier alpha value is -17.1. The van der Waals surface area contributed by atoms with Gasteiger partial charge >= 0.3 is 0 Å². The van der Waals surface area contributed by atoms with Crippen LogP contribution < -0.4 is 0 Å². The van der Waals surface area contributed by atoms with Gasteiger partial charge in [0.15, 0.2) is 11.6 Å². The zero-order valence-electron chi connectivity index (χ0n) is 72.0. The zero-order valence-corrected chi connectivity index (χ0v) is 72.8. The van der Waals surface area contributed by atoms with Crippen molar-refractivity contribution in [2.24, 2.45) is 0 Å². The van der Waals surface area contributed by atoms with Crippen LogP contribution in [0, 0.1) is 0 Å². The van der Waals surface area contributed by atoms with E-state index >= 15 is 0 Å². The van der Waals surface area contributed by atoms with Gasteiger partial charge in [-0.2, -0.15) is 0 Å². The first-order chi connectivity index (χ1) is 65.2. The zero-order chi connectivity index (χ0) is 87.5. The summed E-state index contributed by atoms with van der Waals surface area (Å²) in [6.07, 6.45) is 9.16. The molecule has 0 saturated carbocycles. The summed E-state index contributed by atoms with van der Waals surface area (Å²) in [4.78, 5) is 28.3. The number of thiophene rings is 1. The third kappa shape index (κ3) is 13.1. The Balaban J connectivity index is 0.000000107. The Morgan fingerprint density at radius 1 is 0.265 bits per heavy atom. The monoisotopic (exact) mass is 1710 g/mol. The van der Waals surface area contributed by atoms with Gasteiger partial charge in [0.05, 0.1) is 55.4 Å². The fraction of sp³-hybridized carbons (Fsp3) is 0.0248. The maximum absolute atomic E-state index is 6.61. The minimum absolute atomic E-state index is 0.148. The molecule has 0 atom stereocenters. The van der Waals surface area contributed by atoms with Crippen molar-refractivity contribution in [3.05, 3.63) is 455 Å². The number of hydrogen-bond acceptors (Lipinski definition) is 8. The number of furan rings is 1. The molecule has 1 aliphatic carbocycles. The van der Waals surface area contributed by atoms with E-state index in [-0.39, 0.29) is 5.41 Å². The average Bonchev–Trinajstić information content (AvgIpc) is 1.55. The molecular formula is C121H79N9OS. The van der Waals surface area contributed by atoms with Gasteiger partial charge in [-0.15, -0.1) is 11.3 Å². The van der Waals surface area contributed by atoms with Crippen LogP contribution in [-0.2, 0) is 5.41 Å². The van der Waals surface area contributed by atoms with Crippen LogP contribution in [0.5, 0.6) is 0 Å². The Kier molecular flexibility index (Phi) is 18.6. The summed E-state index contributed by atoms with van der Waals surface area (Å²) in [6, 6.07) is 147. The van der Waals surface area contributed by atoms with Crippen molar-refractivity contribution in [1.82, 2.24) is 43.6 Å². The lowest BCUT2D eigenvalue weighted by atomic mass is 9.80. The number of fused-ring (bicyclic) bond motifs is 22. The summed E-state index contributed by atoms with van der Waals surface area (Å²) >= 11 is 1.87. The molecule has 620 valence electrons. The van der Waals surface area contributed by atoms with E-state index in [1.54, 1.807) is 12.4 Å². The van der Waals surface area contributed by atoms with E-state index in [1.807, 2.05) is 84.5 Å². The van der Waals surface area contributed by atoms with Crippen molar-refractivity contribution in [2.45, 2.75) is 19.3 Å². The van der Waals surface area contributed by atoms with E-state index in [1.165, 1.54) is 108 Å². The van der Waals surface area contributed by atoms with Crippen molar-refractivity contribution in [2.75, 3.05) is 0 Å². The minimum atomic E-state index is -0.148. The standard InChI is InChI=1S/C47H33N3.C40H25N3S.C34H21N3O/c1-47(2)40-18-7-6-16-37(40)38-21-23-43-44(45(38)47)39-29-31(20-22-42(39)50(43)35-14-4-3-5-15-35)32-26-33(28-34(27-32)41-19-8-9-24-48-41)36-17-10-12-30-13-11-25-49-46(30)36;1-3-10-26(11-4-1)28-14-9-15-30(24-28)43-35-20-18-29(40-41-23-22-34(42-40)27-12-5-2-6-13-27)25-33(35)38-36(43)21-19-32-31-16-7-8-17-37(31)44-39(32)38;1-3-8-22(9-4-1)23-13-17-31-27(20-23)26-14-16-30-32(33(26)38-31)28-21-24(34-35-18-7-19-36-34)12-15-29(28)37(30)25-10-5-2-6-11-25/h3-29H,1-2H3;1-25H;1-21H. The molecule has 0 unspecified atom stereocenters. The van der Waals surface area contributed by atoms with Gasteiger partial charge in [-0.1, -0.05) is 250 Å². The molecule has 26 aromatic rings. The molecule has 0 amide bonds. The normalized spacial score (nSPS) is 12.2. The quantitative estimate of drug-likeness (QED) is 0.127. The van der Waals surface area contributed by atoms with E-state index < -0.39 is 0 Å². The van der Waals surface area contributed by atoms with Crippen LogP contribution in [0.1, 0.15) is 25.0 Å². The summed E-state index contributed by atoms with van der Waals surface area (Å²) < 4.78 is 16.4. The summed E-state index contributed by atoms with van der Waals surface area (Å²) in [5, 5.41) is 13.2. The second-order valence-corrected chi connectivity index (χ2v) is 35.4. The molecule has 0 saturated heterocycles. The number of para-hydroxylation sites is 3. The van der Waals surface area contributed by atoms with Gasteiger partial charge in [-0.3, -0.25) is 9.97 Å². The average molecular weight is 1710 g/mol. The largest absolute Gasteiger partial charge is 0.455 e. The highest BCUT2D eigenvalue weighted by atomic mass is 32.1. The molecule has 0 aliphatic heterocycles. The van der Waals surface area contributed by atoms with Gasteiger partial charge < -0.3 is 18.1 Å². The SMILES string of the molecule is CC1(C)c2ccccc2-c2ccc3c(c21)c1cc(-c2cc(-c4ccccn4)cc(-c4cccc5cccnc45)c2)ccc1n3-c1ccccc1.c1ccc(-c2ccc3oc4c(ccc5c4c4cc(-c6ncccn6)ccc4n5-c4ccccc4)c3c2)cc1.c1ccc(-c2cccc(-n3c4ccc(-c5nccc(-c6ccccc6)n5)cc4c4c5sc6ccccc6c5ccc43)c2)cc1. The van der Waals surface area contributed by atoms with E-state index in [4.69, 9.17) is 24.4 Å². The fourth-order valence-electron chi connectivity index (χ4n) is 20.4. The van der Waals surface area contributed by atoms with E-state index in [0.29, 0.717) is 5.82 Å². The lowest BCUT2D eigenvalue weighted by Gasteiger charge is -2.22. The molecule has 0 radical (unpaired) electrons. The van der Waals surface area contributed by atoms with E-state index in [2.05, 4.69) is 395 Å². The Bertz CT molecular complexity index is 9030. The smallest absolute Gasteiger partial charge is 0.159 e. The molecule has 9 aromatic heterocycles. The van der Waals surface area contributed by atoms with Crippen LogP contribution >= 0.6 is 11.3 Å². The molecule has 11 heteroatoms. The Morgan fingerprint density at radius 3 is 1.51 bits per heavy atom. The number of benzene rings is 17. The summed E-state index contributed by atoms with van der Waals surface area (Å²) in [6.45, 7) is 4.76. The summed E-state index contributed by atoms with van der Waals surface area (Å²) in [7, 11) is 0. The fourth-order valence-corrected chi connectivity index (χ4v) is 21.7. The number of aromatic nitrogens is 9. The first kappa shape index (κ1) is 77.2. The molecular weight excluding hydrogens is 1630 g/mol. The van der Waals surface area contributed by atoms with Gasteiger partial charge in [0.1, 0.15) is 11.2 Å². The molecule has 1 aliphatic rings. The number of nitrogens with zero attached hydrogens (tertiary/aromatic N) is 9.